The van der Waals surface area contributed by atoms with Crippen molar-refractivity contribution in [2.45, 2.75) is 45.2 Å². The predicted molar refractivity (Wildman–Crippen MR) is 87.7 cm³/mol. The average molecular weight is 310 g/mol. The van der Waals surface area contributed by atoms with E-state index >= 15 is 0 Å². The van der Waals surface area contributed by atoms with E-state index in [-0.39, 0.29) is 11.9 Å². The van der Waals surface area contributed by atoms with Gasteiger partial charge in [-0.05, 0) is 50.9 Å². The van der Waals surface area contributed by atoms with Crippen LogP contribution in [0.3, 0.4) is 0 Å². The molecule has 5 heteroatoms. The normalized spacial score (nSPS) is 21.0. The lowest BCUT2D eigenvalue weighted by molar-refractivity contribution is -0.118. The van der Waals surface area contributed by atoms with E-state index in [9.17, 15) is 4.79 Å². The van der Waals surface area contributed by atoms with Crippen molar-refractivity contribution >= 4 is 23.2 Å². The van der Waals surface area contributed by atoms with Crippen molar-refractivity contribution in [3.63, 3.8) is 0 Å². The van der Waals surface area contributed by atoms with Crippen molar-refractivity contribution in [3.05, 3.63) is 28.8 Å². The fourth-order valence-corrected chi connectivity index (χ4v) is 3.10. The number of nitrogens with one attached hydrogen (secondary N) is 1. The quantitative estimate of drug-likeness (QED) is 0.899. The molecule has 1 aliphatic rings. The van der Waals surface area contributed by atoms with Gasteiger partial charge in [0, 0.05) is 22.8 Å². The van der Waals surface area contributed by atoms with Gasteiger partial charge in [-0.2, -0.15) is 0 Å². The van der Waals surface area contributed by atoms with E-state index in [1.54, 1.807) is 0 Å². The van der Waals surface area contributed by atoms with Gasteiger partial charge < -0.3 is 11.1 Å². The Labute approximate surface area is 131 Å². The molecule has 1 saturated heterocycles. The number of halogens is 1. The summed E-state index contributed by atoms with van der Waals surface area (Å²) >= 11 is 6.08. The first-order valence-electron chi connectivity index (χ1n) is 7.53. The van der Waals surface area contributed by atoms with Crippen LogP contribution in [0.5, 0.6) is 0 Å². The highest BCUT2D eigenvalue weighted by Crippen LogP contribution is 2.23. The second-order valence-corrected chi connectivity index (χ2v) is 6.26. The summed E-state index contributed by atoms with van der Waals surface area (Å²) in [5.74, 6) is -0.00656. The number of carbonyl (C=O) groups is 1. The third-order valence-corrected chi connectivity index (χ3v) is 4.57. The number of likely N-dealkylation sites (tertiary alicyclic amines) is 1. The Morgan fingerprint density at radius 3 is 3.00 bits per heavy atom. The molecule has 4 nitrogen and oxygen atoms in total. The molecule has 1 heterocycles. The van der Waals surface area contributed by atoms with Crippen LogP contribution in [0.4, 0.5) is 5.69 Å². The zero-order valence-corrected chi connectivity index (χ0v) is 13.5. The molecule has 2 rings (SSSR count). The van der Waals surface area contributed by atoms with Gasteiger partial charge in [-0.25, -0.2) is 0 Å². The molecule has 0 radical (unpaired) electrons. The molecule has 1 fully saturated rings. The molecule has 1 amide bonds. The fourth-order valence-electron chi connectivity index (χ4n) is 2.93. The van der Waals surface area contributed by atoms with Gasteiger partial charge in [-0.1, -0.05) is 24.1 Å². The molecular weight excluding hydrogens is 286 g/mol. The summed E-state index contributed by atoms with van der Waals surface area (Å²) in [6.45, 7) is 5.25. The Hall–Kier alpha value is -1.10. The van der Waals surface area contributed by atoms with Crippen LogP contribution in [-0.4, -0.2) is 36.0 Å². The first-order chi connectivity index (χ1) is 9.99. The second-order valence-electron chi connectivity index (χ2n) is 5.85. The van der Waals surface area contributed by atoms with Crippen molar-refractivity contribution in [2.75, 3.05) is 18.4 Å². The van der Waals surface area contributed by atoms with Crippen molar-refractivity contribution in [1.29, 1.82) is 0 Å². The molecule has 1 aromatic carbocycles. The molecule has 3 N–H and O–H groups in total. The van der Waals surface area contributed by atoms with Crippen LogP contribution < -0.4 is 11.1 Å². The number of rotatable bonds is 4. The number of hydrogen-bond donors (Lipinski definition) is 2. The summed E-state index contributed by atoms with van der Waals surface area (Å²) in [6, 6.07) is 5.93. The van der Waals surface area contributed by atoms with Gasteiger partial charge in [0.25, 0.3) is 0 Å². The Kier molecular flexibility index (Phi) is 5.62. The van der Waals surface area contributed by atoms with Gasteiger partial charge >= 0.3 is 0 Å². The maximum absolute atomic E-state index is 12.3. The molecule has 2 atom stereocenters. The van der Waals surface area contributed by atoms with E-state index < -0.39 is 0 Å². The molecule has 0 spiro atoms. The summed E-state index contributed by atoms with van der Waals surface area (Å²) in [6.07, 6.45) is 3.39. The van der Waals surface area contributed by atoms with Crippen LogP contribution in [0.25, 0.3) is 0 Å². The van der Waals surface area contributed by atoms with E-state index in [0.717, 1.165) is 30.6 Å². The number of piperidine rings is 1. The average Bonchev–Trinajstić information content (AvgIpc) is 2.44. The van der Waals surface area contributed by atoms with Crippen molar-refractivity contribution in [1.82, 2.24) is 4.90 Å². The highest BCUT2D eigenvalue weighted by molar-refractivity contribution is 6.31. The zero-order valence-electron chi connectivity index (χ0n) is 12.7. The van der Waals surface area contributed by atoms with Crippen LogP contribution >= 0.6 is 11.6 Å². The highest BCUT2D eigenvalue weighted by Gasteiger charge is 2.26. The van der Waals surface area contributed by atoms with E-state index in [4.69, 9.17) is 17.3 Å². The molecule has 0 aliphatic carbocycles. The maximum Gasteiger partial charge on any atom is 0.238 e. The third-order valence-electron chi connectivity index (χ3n) is 4.16. The molecule has 2 unspecified atom stereocenters. The van der Waals surface area contributed by atoms with Gasteiger partial charge in [0.2, 0.25) is 5.91 Å². The monoisotopic (exact) mass is 309 g/mol. The van der Waals surface area contributed by atoms with Gasteiger partial charge in [0.05, 0.1) is 6.54 Å². The maximum atomic E-state index is 12.3. The Balaban J connectivity index is 1.99. The number of amides is 1. The number of nitrogens with two attached hydrogens (primary N) is 1. The number of nitrogens with zero attached hydrogens (tertiary/aromatic N) is 1. The van der Waals surface area contributed by atoms with Gasteiger partial charge in [0.15, 0.2) is 0 Å². The lowest BCUT2D eigenvalue weighted by Crippen LogP contribution is -2.51. The van der Waals surface area contributed by atoms with E-state index in [1.807, 2.05) is 32.0 Å². The number of carbonyl (C=O) groups excluding carboxylic acids is 1. The van der Waals surface area contributed by atoms with Crippen LogP contribution in [0.1, 0.15) is 31.7 Å². The minimum atomic E-state index is -0.00656. The first kappa shape index (κ1) is 16.3. The van der Waals surface area contributed by atoms with Crippen LogP contribution in [0.15, 0.2) is 18.2 Å². The van der Waals surface area contributed by atoms with Crippen molar-refractivity contribution in [2.24, 2.45) is 5.73 Å². The topological polar surface area (TPSA) is 58.4 Å². The first-order valence-corrected chi connectivity index (χ1v) is 7.91. The molecule has 21 heavy (non-hydrogen) atoms. The minimum Gasteiger partial charge on any atom is -0.327 e. The lowest BCUT2D eigenvalue weighted by atomic mass is 9.97. The number of benzene rings is 1. The van der Waals surface area contributed by atoms with Gasteiger partial charge in [-0.15, -0.1) is 0 Å². The van der Waals surface area contributed by atoms with Crippen molar-refractivity contribution in [3.8, 4) is 0 Å². The number of anilines is 1. The summed E-state index contributed by atoms with van der Waals surface area (Å²) < 4.78 is 0. The molecule has 116 valence electrons. The largest absolute Gasteiger partial charge is 0.327 e. The second kappa shape index (κ2) is 7.25. The van der Waals surface area contributed by atoms with Gasteiger partial charge in [0.1, 0.15) is 0 Å². The molecule has 0 bridgehead atoms. The SMILES string of the molecule is Cc1c(Cl)cccc1NC(=O)CN1CCCCC1C(C)N. The highest BCUT2D eigenvalue weighted by atomic mass is 35.5. The number of hydrogen-bond acceptors (Lipinski definition) is 3. The molecule has 0 saturated carbocycles. The molecule has 0 aromatic heterocycles. The Morgan fingerprint density at radius 1 is 1.52 bits per heavy atom. The van der Waals surface area contributed by atoms with Crippen LogP contribution in [-0.2, 0) is 4.79 Å². The fraction of sp³-hybridized carbons (Fsp3) is 0.562. The zero-order chi connectivity index (χ0) is 15.4. The van der Waals surface area contributed by atoms with Crippen LogP contribution in [0.2, 0.25) is 5.02 Å². The summed E-state index contributed by atoms with van der Waals surface area (Å²) in [5.41, 5.74) is 7.72. The van der Waals surface area contributed by atoms with E-state index in [1.165, 1.54) is 6.42 Å². The summed E-state index contributed by atoms with van der Waals surface area (Å²) in [5, 5.41) is 3.62. The molecule has 1 aliphatic heterocycles. The van der Waals surface area contributed by atoms with Crippen molar-refractivity contribution < 1.29 is 4.79 Å². The predicted octanol–water partition coefficient (Wildman–Crippen LogP) is 2.79. The van der Waals surface area contributed by atoms with Gasteiger partial charge in [-0.3, -0.25) is 9.69 Å². The summed E-state index contributed by atoms with van der Waals surface area (Å²) in [4.78, 5) is 14.5. The van der Waals surface area contributed by atoms with E-state index in [2.05, 4.69) is 10.2 Å². The lowest BCUT2D eigenvalue weighted by Gasteiger charge is -2.37. The molecular formula is C16H24ClN3O. The molecule has 1 aromatic rings. The smallest absolute Gasteiger partial charge is 0.238 e. The Bertz CT molecular complexity index is 504. The minimum absolute atomic E-state index is 0.00656. The standard InChI is InChI=1S/C16H24ClN3O/c1-11-13(17)6-5-7-14(11)19-16(21)10-20-9-4-3-8-15(20)12(2)18/h5-7,12,15H,3-4,8-10,18H2,1-2H3,(H,19,21). The summed E-state index contributed by atoms with van der Waals surface area (Å²) in [7, 11) is 0. The third kappa shape index (κ3) is 4.19. The Morgan fingerprint density at radius 2 is 2.29 bits per heavy atom. The van der Waals surface area contributed by atoms with E-state index in [0.29, 0.717) is 17.6 Å². The van der Waals surface area contributed by atoms with Crippen LogP contribution in [0, 0.1) is 6.92 Å².